The number of hydrogen-bond donors (Lipinski definition) is 0. The number of rotatable bonds is 3. The minimum absolute atomic E-state index is 0.0165. The molecule has 0 bridgehead atoms. The molecule has 0 aliphatic heterocycles. The second-order valence-corrected chi connectivity index (χ2v) is 7.26. The third-order valence-electron chi connectivity index (χ3n) is 2.91. The first-order valence-electron chi connectivity index (χ1n) is 6.14. The van der Waals surface area contributed by atoms with Crippen LogP contribution in [0.4, 0.5) is 0 Å². The number of halogens is 1. The zero-order chi connectivity index (χ0) is 15.1. The van der Waals surface area contributed by atoms with Gasteiger partial charge in [-0.25, -0.2) is 13.4 Å². The van der Waals surface area contributed by atoms with Gasteiger partial charge in [-0.3, -0.25) is 4.68 Å². The van der Waals surface area contributed by atoms with Crippen LogP contribution in [-0.4, -0.2) is 29.4 Å². The Kier molecular flexibility index (Phi) is 3.88. The summed E-state index contributed by atoms with van der Waals surface area (Å²) in [5.41, 5.74) is 1.80. The predicted octanol–water partition coefficient (Wildman–Crippen LogP) is 2.89. The van der Waals surface area contributed by atoms with Crippen LogP contribution in [0.1, 0.15) is 25.6 Å². The number of nitrogens with zero attached hydrogens (tertiary/aromatic N) is 3. The number of sulfone groups is 1. The quantitative estimate of drug-likeness (QED) is 0.874. The highest BCUT2D eigenvalue weighted by Gasteiger charge is 2.18. The van der Waals surface area contributed by atoms with Gasteiger partial charge in [0.1, 0.15) is 5.69 Å². The summed E-state index contributed by atoms with van der Waals surface area (Å²) in [7, 11) is -3.35. The first-order valence-corrected chi connectivity index (χ1v) is 8.41. The van der Waals surface area contributed by atoms with E-state index in [9.17, 15) is 8.42 Å². The van der Waals surface area contributed by atoms with E-state index in [0.29, 0.717) is 16.4 Å². The Labute approximate surface area is 123 Å². The standard InChI is InChI=1S/C13H16ClN3O2S/c1-8(2)17-9(3)12(14)13(16-17)10-6-5-7-11(15-10)20(4,18)19/h5-8H,1-4H3. The van der Waals surface area contributed by atoms with Gasteiger partial charge in [-0.05, 0) is 32.9 Å². The van der Waals surface area contributed by atoms with Gasteiger partial charge < -0.3 is 0 Å². The van der Waals surface area contributed by atoms with E-state index in [-0.39, 0.29) is 11.1 Å². The lowest BCUT2D eigenvalue weighted by atomic mass is 10.2. The fraction of sp³-hybridized carbons (Fsp3) is 0.385. The Balaban J connectivity index is 2.61. The first-order chi connectivity index (χ1) is 9.21. The van der Waals surface area contributed by atoms with Crippen LogP contribution in [0.15, 0.2) is 23.2 Å². The van der Waals surface area contributed by atoms with Crippen molar-refractivity contribution >= 4 is 21.4 Å². The number of aromatic nitrogens is 3. The molecule has 2 aromatic heterocycles. The van der Waals surface area contributed by atoms with E-state index in [1.54, 1.807) is 16.8 Å². The summed E-state index contributed by atoms with van der Waals surface area (Å²) < 4.78 is 24.9. The highest BCUT2D eigenvalue weighted by atomic mass is 35.5. The molecule has 0 unspecified atom stereocenters. The van der Waals surface area contributed by atoms with Gasteiger partial charge in [0, 0.05) is 12.3 Å². The molecule has 108 valence electrons. The van der Waals surface area contributed by atoms with Crippen molar-refractivity contribution in [1.29, 1.82) is 0 Å². The molecule has 0 aliphatic rings. The molecule has 0 aliphatic carbocycles. The summed E-state index contributed by atoms with van der Waals surface area (Å²) in [6.07, 6.45) is 1.12. The molecule has 0 saturated carbocycles. The molecule has 5 nitrogen and oxygen atoms in total. The largest absolute Gasteiger partial charge is 0.265 e. The van der Waals surface area contributed by atoms with Crippen LogP contribution < -0.4 is 0 Å². The average molecular weight is 314 g/mol. The molecule has 2 aromatic rings. The first kappa shape index (κ1) is 15.0. The monoisotopic (exact) mass is 313 g/mol. The second-order valence-electron chi connectivity index (χ2n) is 4.92. The highest BCUT2D eigenvalue weighted by molar-refractivity contribution is 7.90. The Morgan fingerprint density at radius 1 is 1.30 bits per heavy atom. The average Bonchev–Trinajstić information content (AvgIpc) is 2.66. The second kappa shape index (κ2) is 5.18. The van der Waals surface area contributed by atoms with Crippen molar-refractivity contribution in [2.75, 3.05) is 6.26 Å². The van der Waals surface area contributed by atoms with Crippen molar-refractivity contribution in [1.82, 2.24) is 14.8 Å². The van der Waals surface area contributed by atoms with E-state index in [1.807, 2.05) is 20.8 Å². The number of pyridine rings is 1. The Morgan fingerprint density at radius 3 is 2.45 bits per heavy atom. The van der Waals surface area contributed by atoms with E-state index < -0.39 is 9.84 Å². The minimum atomic E-state index is -3.35. The van der Waals surface area contributed by atoms with Crippen molar-refractivity contribution in [3.8, 4) is 11.4 Å². The molecular formula is C13H16ClN3O2S. The van der Waals surface area contributed by atoms with Crippen LogP contribution in [0.25, 0.3) is 11.4 Å². The Morgan fingerprint density at radius 2 is 1.95 bits per heavy atom. The molecule has 0 radical (unpaired) electrons. The molecule has 2 heterocycles. The van der Waals surface area contributed by atoms with Gasteiger partial charge in [-0.2, -0.15) is 5.10 Å². The summed E-state index contributed by atoms with van der Waals surface area (Å²) >= 11 is 6.29. The minimum Gasteiger partial charge on any atom is -0.265 e. The van der Waals surface area contributed by atoms with E-state index in [1.165, 1.54) is 6.07 Å². The van der Waals surface area contributed by atoms with Crippen LogP contribution in [0.2, 0.25) is 5.02 Å². The topological polar surface area (TPSA) is 64.8 Å². The van der Waals surface area contributed by atoms with Crippen LogP contribution in [0.3, 0.4) is 0 Å². The molecule has 7 heteroatoms. The lowest BCUT2D eigenvalue weighted by Gasteiger charge is -2.07. The van der Waals surface area contributed by atoms with Crippen molar-refractivity contribution in [3.05, 3.63) is 28.9 Å². The lowest BCUT2D eigenvalue weighted by Crippen LogP contribution is -2.05. The summed E-state index contributed by atoms with van der Waals surface area (Å²) in [5, 5.41) is 4.94. The molecule has 0 amide bonds. The van der Waals surface area contributed by atoms with E-state index in [4.69, 9.17) is 11.6 Å². The predicted molar refractivity (Wildman–Crippen MR) is 78.7 cm³/mol. The normalized spacial score (nSPS) is 12.1. The van der Waals surface area contributed by atoms with Crippen LogP contribution in [-0.2, 0) is 9.84 Å². The molecule has 0 N–H and O–H groups in total. The van der Waals surface area contributed by atoms with Gasteiger partial charge in [-0.1, -0.05) is 17.7 Å². The number of hydrogen-bond acceptors (Lipinski definition) is 4. The van der Waals surface area contributed by atoms with Crippen LogP contribution in [0.5, 0.6) is 0 Å². The van der Waals surface area contributed by atoms with Gasteiger partial charge >= 0.3 is 0 Å². The van der Waals surface area contributed by atoms with Gasteiger partial charge in [0.15, 0.2) is 14.9 Å². The van der Waals surface area contributed by atoms with Crippen molar-refractivity contribution < 1.29 is 8.42 Å². The molecule has 0 fully saturated rings. The maximum Gasteiger partial charge on any atom is 0.192 e. The van der Waals surface area contributed by atoms with E-state index >= 15 is 0 Å². The van der Waals surface area contributed by atoms with E-state index in [2.05, 4.69) is 10.1 Å². The molecule has 2 rings (SSSR count). The SMILES string of the molecule is Cc1c(Cl)c(-c2cccc(S(C)(=O)=O)n2)nn1C(C)C. The summed E-state index contributed by atoms with van der Waals surface area (Å²) in [6, 6.07) is 4.96. The van der Waals surface area contributed by atoms with Crippen molar-refractivity contribution in [2.45, 2.75) is 31.8 Å². The smallest absolute Gasteiger partial charge is 0.192 e. The van der Waals surface area contributed by atoms with Gasteiger partial charge in [0.25, 0.3) is 0 Å². The van der Waals surface area contributed by atoms with Crippen molar-refractivity contribution in [2.24, 2.45) is 0 Å². The lowest BCUT2D eigenvalue weighted by molar-refractivity contribution is 0.520. The molecule has 0 saturated heterocycles. The summed E-state index contributed by atoms with van der Waals surface area (Å²) in [5.74, 6) is 0. The van der Waals surface area contributed by atoms with Crippen molar-refractivity contribution in [3.63, 3.8) is 0 Å². The van der Waals surface area contributed by atoms with Gasteiger partial charge in [0.2, 0.25) is 0 Å². The zero-order valence-corrected chi connectivity index (χ0v) is 13.3. The third kappa shape index (κ3) is 2.71. The van der Waals surface area contributed by atoms with Gasteiger partial charge in [0.05, 0.1) is 16.4 Å². The maximum atomic E-state index is 11.6. The highest BCUT2D eigenvalue weighted by Crippen LogP contribution is 2.30. The zero-order valence-electron chi connectivity index (χ0n) is 11.8. The molecule has 0 spiro atoms. The fourth-order valence-corrected chi connectivity index (χ4v) is 2.73. The van der Waals surface area contributed by atoms with Crippen LogP contribution >= 0.6 is 11.6 Å². The summed E-state index contributed by atoms with van der Waals surface area (Å²) in [6.45, 7) is 5.88. The third-order valence-corrected chi connectivity index (χ3v) is 4.35. The van der Waals surface area contributed by atoms with E-state index in [0.717, 1.165) is 11.9 Å². The molecule has 20 heavy (non-hydrogen) atoms. The van der Waals surface area contributed by atoms with Gasteiger partial charge in [-0.15, -0.1) is 0 Å². The Hall–Kier alpha value is -1.40. The molecule has 0 aromatic carbocycles. The molecule has 0 atom stereocenters. The fourth-order valence-electron chi connectivity index (χ4n) is 1.92. The van der Waals surface area contributed by atoms with Crippen LogP contribution in [0, 0.1) is 6.92 Å². The Bertz CT molecular complexity index is 751. The summed E-state index contributed by atoms with van der Waals surface area (Å²) in [4.78, 5) is 4.14. The molecular weight excluding hydrogens is 298 g/mol. The maximum absolute atomic E-state index is 11.6.